The van der Waals surface area contributed by atoms with Crippen LogP contribution in [0.3, 0.4) is 0 Å². The first-order valence-corrected chi connectivity index (χ1v) is 7.27. The van der Waals surface area contributed by atoms with Gasteiger partial charge in [0.25, 0.3) is 11.2 Å². The van der Waals surface area contributed by atoms with E-state index in [0.29, 0.717) is 21.8 Å². The highest BCUT2D eigenvalue weighted by atomic mass is 32.1. The molecule has 3 aromatic rings. The topological polar surface area (TPSA) is 104 Å². The van der Waals surface area contributed by atoms with Crippen LogP contribution in [0.4, 0.5) is 11.5 Å². The Bertz CT molecular complexity index is 974. The number of aryl methyl sites for hydroxylation is 1. The minimum atomic E-state index is -0.525. The Morgan fingerprint density at radius 1 is 1.36 bits per heavy atom. The lowest BCUT2D eigenvalue weighted by atomic mass is 10.1. The van der Waals surface area contributed by atoms with Crippen LogP contribution in [0.25, 0.3) is 21.3 Å². The highest BCUT2D eigenvalue weighted by molar-refractivity contribution is 7.13. The van der Waals surface area contributed by atoms with Gasteiger partial charge in [-0.3, -0.25) is 19.5 Å². The average molecular weight is 316 g/mol. The van der Waals surface area contributed by atoms with E-state index in [1.54, 1.807) is 13.1 Å². The van der Waals surface area contributed by atoms with Gasteiger partial charge in [-0.15, -0.1) is 11.3 Å². The molecular formula is C14H12N4O3S. The monoisotopic (exact) mass is 316 g/mol. The van der Waals surface area contributed by atoms with Crippen LogP contribution in [0.1, 0.15) is 5.69 Å². The minimum Gasteiger partial charge on any atom is -0.384 e. The van der Waals surface area contributed by atoms with Crippen LogP contribution in [0.15, 0.2) is 28.4 Å². The van der Waals surface area contributed by atoms with E-state index >= 15 is 0 Å². The number of nitro benzene ring substituents is 1. The van der Waals surface area contributed by atoms with Gasteiger partial charge < -0.3 is 5.73 Å². The number of nitrogen functional groups attached to an aromatic ring is 1. The van der Waals surface area contributed by atoms with Crippen molar-refractivity contribution >= 4 is 33.6 Å². The summed E-state index contributed by atoms with van der Waals surface area (Å²) in [4.78, 5) is 27.2. The number of non-ortho nitro benzene ring substituents is 1. The molecule has 1 aromatic carbocycles. The molecule has 0 unspecified atom stereocenters. The van der Waals surface area contributed by atoms with E-state index < -0.39 is 4.92 Å². The fraction of sp³-hybridized carbons (Fsp3) is 0.143. The SMILES string of the molecule is Cc1csc(-c2c(N)n(C)c(=O)c3cc([N+](=O)[O-])ccc23)n1. The van der Waals surface area contributed by atoms with E-state index in [1.807, 2.05) is 12.3 Å². The third kappa shape index (κ3) is 2.04. The molecule has 0 aliphatic carbocycles. The lowest BCUT2D eigenvalue weighted by Gasteiger charge is -2.12. The van der Waals surface area contributed by atoms with Gasteiger partial charge >= 0.3 is 0 Å². The van der Waals surface area contributed by atoms with Crippen LogP contribution in [0.5, 0.6) is 0 Å². The molecule has 0 saturated heterocycles. The normalized spacial score (nSPS) is 11.0. The minimum absolute atomic E-state index is 0.129. The number of benzene rings is 1. The molecule has 2 aromatic heterocycles. The highest BCUT2D eigenvalue weighted by Crippen LogP contribution is 2.35. The molecule has 0 bridgehead atoms. The zero-order chi connectivity index (χ0) is 16.0. The summed E-state index contributed by atoms with van der Waals surface area (Å²) in [5, 5.41) is 14.3. The molecule has 0 aliphatic heterocycles. The number of thiazole rings is 1. The predicted octanol–water partition coefficient (Wildman–Crippen LogP) is 2.46. The average Bonchev–Trinajstić information content (AvgIpc) is 2.91. The maximum absolute atomic E-state index is 12.4. The number of hydrogen-bond acceptors (Lipinski definition) is 6. The molecule has 0 amide bonds. The van der Waals surface area contributed by atoms with Gasteiger partial charge in [0.15, 0.2) is 0 Å². The van der Waals surface area contributed by atoms with Gasteiger partial charge in [0, 0.05) is 35.6 Å². The van der Waals surface area contributed by atoms with Crippen molar-refractivity contribution < 1.29 is 4.92 Å². The molecule has 0 spiro atoms. The standard InChI is InChI=1S/C14H12N4O3S/c1-7-6-22-13(16-7)11-9-4-3-8(18(20)21)5-10(9)14(19)17(2)12(11)15/h3-6H,15H2,1-2H3. The molecule has 2 heterocycles. The number of nitrogens with two attached hydrogens (primary N) is 1. The van der Waals surface area contributed by atoms with Crippen LogP contribution in [-0.2, 0) is 7.05 Å². The number of anilines is 1. The Morgan fingerprint density at radius 3 is 2.68 bits per heavy atom. The summed E-state index contributed by atoms with van der Waals surface area (Å²) in [5.74, 6) is 0.292. The molecule has 8 heteroatoms. The Balaban J connectivity index is 2.46. The summed E-state index contributed by atoms with van der Waals surface area (Å²) in [6, 6.07) is 4.20. The number of aromatic nitrogens is 2. The van der Waals surface area contributed by atoms with Crippen LogP contribution < -0.4 is 11.3 Å². The second-order valence-corrected chi connectivity index (χ2v) is 5.76. The maximum atomic E-state index is 12.4. The number of rotatable bonds is 2. The molecule has 0 fully saturated rings. The zero-order valence-corrected chi connectivity index (χ0v) is 12.7. The van der Waals surface area contributed by atoms with Crippen LogP contribution in [0.2, 0.25) is 0 Å². The molecule has 22 heavy (non-hydrogen) atoms. The first kappa shape index (κ1) is 14.2. The predicted molar refractivity (Wildman–Crippen MR) is 86.1 cm³/mol. The second kappa shape index (κ2) is 4.92. The number of fused-ring (bicyclic) bond motifs is 1. The molecule has 7 nitrogen and oxygen atoms in total. The van der Waals surface area contributed by atoms with Gasteiger partial charge in [-0.25, -0.2) is 4.98 Å². The third-order valence-corrected chi connectivity index (χ3v) is 4.45. The van der Waals surface area contributed by atoms with Crippen molar-refractivity contribution in [3.05, 3.63) is 49.7 Å². The summed E-state index contributed by atoms with van der Waals surface area (Å²) in [5.41, 5.74) is 7.07. The molecule has 0 atom stereocenters. The summed E-state index contributed by atoms with van der Waals surface area (Å²) >= 11 is 1.42. The highest BCUT2D eigenvalue weighted by Gasteiger charge is 2.19. The first-order chi connectivity index (χ1) is 10.4. The summed E-state index contributed by atoms with van der Waals surface area (Å²) in [6.07, 6.45) is 0. The molecule has 0 aliphatic rings. The van der Waals surface area contributed by atoms with E-state index in [-0.39, 0.29) is 16.6 Å². The van der Waals surface area contributed by atoms with Crippen molar-refractivity contribution in [1.82, 2.24) is 9.55 Å². The van der Waals surface area contributed by atoms with Gasteiger partial charge in [-0.2, -0.15) is 0 Å². The fourth-order valence-electron chi connectivity index (χ4n) is 2.33. The quantitative estimate of drug-likeness (QED) is 0.577. The number of nitro groups is 1. The van der Waals surface area contributed by atoms with Gasteiger partial charge in [0.05, 0.1) is 15.9 Å². The largest absolute Gasteiger partial charge is 0.384 e. The number of pyridine rings is 1. The van der Waals surface area contributed by atoms with Crippen molar-refractivity contribution in [2.45, 2.75) is 6.92 Å². The molecule has 3 rings (SSSR count). The van der Waals surface area contributed by atoms with E-state index in [9.17, 15) is 14.9 Å². The fourth-order valence-corrected chi connectivity index (χ4v) is 3.19. The Hall–Kier alpha value is -2.74. The summed E-state index contributed by atoms with van der Waals surface area (Å²) < 4.78 is 1.29. The van der Waals surface area contributed by atoms with Gasteiger partial charge in [0.2, 0.25) is 0 Å². The van der Waals surface area contributed by atoms with Gasteiger partial charge in [-0.05, 0) is 13.0 Å². The summed E-state index contributed by atoms with van der Waals surface area (Å²) in [6.45, 7) is 1.87. The lowest BCUT2D eigenvalue weighted by Crippen LogP contribution is -2.21. The van der Waals surface area contributed by atoms with Crippen molar-refractivity contribution in [2.24, 2.45) is 7.05 Å². The Morgan fingerprint density at radius 2 is 2.09 bits per heavy atom. The molecule has 112 valence electrons. The van der Waals surface area contributed by atoms with E-state index in [1.165, 1.54) is 28.0 Å². The number of nitrogens with zero attached hydrogens (tertiary/aromatic N) is 3. The molecule has 2 N–H and O–H groups in total. The van der Waals surface area contributed by atoms with Crippen molar-refractivity contribution in [2.75, 3.05) is 5.73 Å². The van der Waals surface area contributed by atoms with E-state index in [2.05, 4.69) is 4.98 Å². The molecular weight excluding hydrogens is 304 g/mol. The van der Waals surface area contributed by atoms with E-state index in [0.717, 1.165) is 5.69 Å². The van der Waals surface area contributed by atoms with Crippen LogP contribution >= 0.6 is 11.3 Å². The Kier molecular flexibility index (Phi) is 3.18. The van der Waals surface area contributed by atoms with Gasteiger partial charge in [-0.1, -0.05) is 0 Å². The van der Waals surface area contributed by atoms with Crippen LogP contribution in [0, 0.1) is 17.0 Å². The van der Waals surface area contributed by atoms with Crippen molar-refractivity contribution in [1.29, 1.82) is 0 Å². The third-order valence-electron chi connectivity index (χ3n) is 3.47. The molecule has 0 radical (unpaired) electrons. The van der Waals surface area contributed by atoms with Gasteiger partial charge in [0.1, 0.15) is 10.8 Å². The zero-order valence-electron chi connectivity index (χ0n) is 11.9. The van der Waals surface area contributed by atoms with E-state index in [4.69, 9.17) is 5.73 Å². The smallest absolute Gasteiger partial charge is 0.270 e. The van der Waals surface area contributed by atoms with Crippen molar-refractivity contribution in [3.8, 4) is 10.6 Å². The maximum Gasteiger partial charge on any atom is 0.270 e. The van der Waals surface area contributed by atoms with Crippen molar-refractivity contribution in [3.63, 3.8) is 0 Å². The summed E-state index contributed by atoms with van der Waals surface area (Å²) in [7, 11) is 1.54. The molecule has 0 saturated carbocycles. The van der Waals surface area contributed by atoms with Crippen LogP contribution in [-0.4, -0.2) is 14.5 Å². The Labute approximate surface area is 128 Å². The first-order valence-electron chi connectivity index (χ1n) is 6.39. The number of hydrogen-bond donors (Lipinski definition) is 1. The second-order valence-electron chi connectivity index (χ2n) is 4.91. The lowest BCUT2D eigenvalue weighted by molar-refractivity contribution is -0.384.